The highest BCUT2D eigenvalue weighted by atomic mass is 16.4. The molecule has 1 unspecified atom stereocenters. The molecule has 4 saturated carbocycles. The minimum Gasteiger partial charge on any atom is -0.480 e. The van der Waals surface area contributed by atoms with E-state index < -0.39 is 11.4 Å². The fourth-order valence-corrected chi connectivity index (χ4v) is 6.88. The fourth-order valence-electron chi connectivity index (χ4n) is 6.88. The Bertz CT molecular complexity index is 927. The summed E-state index contributed by atoms with van der Waals surface area (Å²) in [6.07, 6.45) is 9.70. The number of carbonyl (C=O) groups excluding carboxylic acids is 1. The number of aromatic amines is 1. The number of hydrogen-bond donors (Lipinski definition) is 3. The molecule has 0 aliphatic heterocycles. The van der Waals surface area contributed by atoms with E-state index >= 15 is 0 Å². The summed E-state index contributed by atoms with van der Waals surface area (Å²) in [5.41, 5.74) is 0.553. The molecule has 3 N–H and O–H groups in total. The van der Waals surface area contributed by atoms with Crippen LogP contribution in [0.5, 0.6) is 0 Å². The molecule has 1 heterocycles. The van der Waals surface area contributed by atoms with Crippen LogP contribution in [0.15, 0.2) is 30.5 Å². The zero-order valence-electron chi connectivity index (χ0n) is 17.0. The molecule has 1 atom stereocenters. The molecule has 0 saturated heterocycles. The SMILES string of the molecule is CC(Cc1c[nH]c2ccccc12)(C(=O)O)C(=O)NCC12CC3CC(CC(C3)C1)C2. The molecule has 4 aliphatic rings. The molecule has 1 aromatic heterocycles. The van der Waals surface area contributed by atoms with Crippen molar-refractivity contribution in [3.63, 3.8) is 0 Å². The van der Waals surface area contributed by atoms with Crippen LogP contribution in [0.2, 0.25) is 0 Å². The number of carboxylic acid groups (broad SMARTS) is 1. The van der Waals surface area contributed by atoms with Gasteiger partial charge in [-0.1, -0.05) is 18.2 Å². The standard InChI is InChI=1S/C24H30N2O3/c1-23(22(28)29,12-18-13-25-20-5-3-2-4-19(18)20)21(27)26-14-24-9-15-6-16(10-24)8-17(7-15)11-24/h2-5,13,15-17,25H,6-12,14H2,1H3,(H,26,27)(H,28,29). The first-order chi connectivity index (χ1) is 13.9. The average molecular weight is 395 g/mol. The first-order valence-corrected chi connectivity index (χ1v) is 10.9. The number of benzene rings is 1. The monoisotopic (exact) mass is 394 g/mol. The Hall–Kier alpha value is -2.30. The van der Waals surface area contributed by atoms with Gasteiger partial charge in [-0.3, -0.25) is 9.59 Å². The van der Waals surface area contributed by atoms with Crippen LogP contribution < -0.4 is 5.32 Å². The number of nitrogens with one attached hydrogen (secondary N) is 2. The Morgan fingerprint density at radius 3 is 2.38 bits per heavy atom. The van der Waals surface area contributed by atoms with E-state index in [-0.39, 0.29) is 17.7 Å². The molecule has 4 fully saturated rings. The second kappa shape index (κ2) is 6.61. The van der Waals surface area contributed by atoms with Crippen molar-refractivity contribution >= 4 is 22.8 Å². The zero-order chi connectivity index (χ0) is 20.2. The van der Waals surface area contributed by atoms with Crippen LogP contribution >= 0.6 is 0 Å². The maximum Gasteiger partial charge on any atom is 0.319 e. The van der Waals surface area contributed by atoms with Gasteiger partial charge < -0.3 is 15.4 Å². The third-order valence-electron chi connectivity index (χ3n) is 7.98. The van der Waals surface area contributed by atoms with Crippen molar-refractivity contribution < 1.29 is 14.7 Å². The van der Waals surface area contributed by atoms with E-state index in [2.05, 4.69) is 10.3 Å². The smallest absolute Gasteiger partial charge is 0.319 e. The predicted molar refractivity (Wildman–Crippen MR) is 111 cm³/mol. The third kappa shape index (κ3) is 3.15. The molecule has 5 nitrogen and oxygen atoms in total. The minimum absolute atomic E-state index is 0.180. The van der Waals surface area contributed by atoms with Crippen LogP contribution in [0.3, 0.4) is 0 Å². The van der Waals surface area contributed by atoms with Crippen molar-refractivity contribution in [2.24, 2.45) is 28.6 Å². The van der Waals surface area contributed by atoms with Crippen molar-refractivity contribution in [1.82, 2.24) is 10.3 Å². The number of para-hydroxylation sites is 1. The van der Waals surface area contributed by atoms with E-state index in [9.17, 15) is 14.7 Å². The topological polar surface area (TPSA) is 82.2 Å². The summed E-state index contributed by atoms with van der Waals surface area (Å²) in [6, 6.07) is 7.81. The lowest BCUT2D eigenvalue weighted by atomic mass is 9.49. The normalized spacial score (nSPS) is 32.2. The van der Waals surface area contributed by atoms with Crippen molar-refractivity contribution in [3.05, 3.63) is 36.0 Å². The number of aliphatic carboxylic acids is 1. The quantitative estimate of drug-likeness (QED) is 0.644. The second-order valence-electron chi connectivity index (χ2n) is 10.3. The molecule has 6 rings (SSSR count). The van der Waals surface area contributed by atoms with Gasteiger partial charge >= 0.3 is 5.97 Å². The Morgan fingerprint density at radius 2 is 1.76 bits per heavy atom. The summed E-state index contributed by atoms with van der Waals surface area (Å²) < 4.78 is 0. The lowest BCUT2D eigenvalue weighted by Gasteiger charge is -2.57. The number of amides is 1. The number of carboxylic acids is 1. The molecule has 0 spiro atoms. The summed E-state index contributed by atoms with van der Waals surface area (Å²) in [5.74, 6) is 1.03. The highest BCUT2D eigenvalue weighted by Crippen LogP contribution is 2.59. The van der Waals surface area contributed by atoms with Gasteiger partial charge in [0.05, 0.1) is 0 Å². The van der Waals surface area contributed by atoms with Crippen LogP contribution in [-0.4, -0.2) is 28.5 Å². The molecule has 4 aliphatic carbocycles. The second-order valence-corrected chi connectivity index (χ2v) is 10.3. The summed E-state index contributed by atoms with van der Waals surface area (Å²) in [4.78, 5) is 28.5. The highest BCUT2D eigenvalue weighted by molar-refractivity contribution is 6.02. The van der Waals surface area contributed by atoms with Crippen molar-refractivity contribution in [2.45, 2.75) is 51.9 Å². The van der Waals surface area contributed by atoms with Gasteiger partial charge in [-0.25, -0.2) is 0 Å². The van der Waals surface area contributed by atoms with Gasteiger partial charge in [0.2, 0.25) is 5.91 Å². The molecule has 1 amide bonds. The highest BCUT2D eigenvalue weighted by Gasteiger charge is 2.51. The minimum atomic E-state index is -1.48. The van der Waals surface area contributed by atoms with E-state index in [1.165, 1.54) is 38.5 Å². The number of H-pyrrole nitrogens is 1. The van der Waals surface area contributed by atoms with Gasteiger partial charge in [0, 0.05) is 23.6 Å². The average Bonchev–Trinajstić information content (AvgIpc) is 3.07. The first kappa shape index (κ1) is 18.7. The molecule has 2 aromatic rings. The van der Waals surface area contributed by atoms with E-state index in [1.54, 1.807) is 6.92 Å². The third-order valence-corrected chi connectivity index (χ3v) is 7.98. The number of hydrogen-bond acceptors (Lipinski definition) is 2. The maximum atomic E-state index is 13.2. The summed E-state index contributed by atoms with van der Waals surface area (Å²) in [7, 11) is 0. The van der Waals surface area contributed by atoms with Gasteiger partial charge in [0.15, 0.2) is 0 Å². The fraction of sp³-hybridized carbons (Fsp3) is 0.583. The summed E-state index contributed by atoms with van der Waals surface area (Å²) in [5, 5.41) is 14.0. The Labute approximate surface area is 171 Å². The van der Waals surface area contributed by atoms with E-state index in [0.29, 0.717) is 6.54 Å². The van der Waals surface area contributed by atoms with Crippen LogP contribution in [0, 0.1) is 28.6 Å². The lowest BCUT2D eigenvalue weighted by Crippen LogP contribution is -2.54. The van der Waals surface area contributed by atoms with Gasteiger partial charge in [-0.15, -0.1) is 0 Å². The van der Waals surface area contributed by atoms with Crippen LogP contribution in [0.4, 0.5) is 0 Å². The zero-order valence-corrected chi connectivity index (χ0v) is 17.0. The molecule has 5 heteroatoms. The molecule has 0 radical (unpaired) electrons. The van der Waals surface area contributed by atoms with Gasteiger partial charge in [-0.2, -0.15) is 0 Å². The van der Waals surface area contributed by atoms with E-state index in [4.69, 9.17) is 0 Å². The first-order valence-electron chi connectivity index (χ1n) is 10.9. The van der Waals surface area contributed by atoms with E-state index in [1.807, 2.05) is 30.5 Å². The van der Waals surface area contributed by atoms with Gasteiger partial charge in [0.25, 0.3) is 0 Å². The molecule has 29 heavy (non-hydrogen) atoms. The van der Waals surface area contributed by atoms with Gasteiger partial charge in [0.1, 0.15) is 5.41 Å². The molecule has 154 valence electrons. The molecular formula is C24H30N2O3. The number of fused-ring (bicyclic) bond motifs is 1. The Balaban J connectivity index is 1.33. The summed E-state index contributed by atoms with van der Waals surface area (Å²) in [6.45, 7) is 2.19. The maximum absolute atomic E-state index is 13.2. The van der Waals surface area contributed by atoms with Gasteiger partial charge in [-0.05, 0) is 86.7 Å². The Kier molecular flexibility index (Phi) is 4.27. The number of aromatic nitrogens is 1. The molecule has 1 aromatic carbocycles. The van der Waals surface area contributed by atoms with Crippen molar-refractivity contribution in [1.29, 1.82) is 0 Å². The van der Waals surface area contributed by atoms with Crippen molar-refractivity contribution in [2.75, 3.05) is 6.54 Å². The number of rotatable bonds is 6. The van der Waals surface area contributed by atoms with Crippen LogP contribution in [-0.2, 0) is 16.0 Å². The predicted octanol–water partition coefficient (Wildman–Crippen LogP) is 4.13. The summed E-state index contributed by atoms with van der Waals surface area (Å²) >= 11 is 0. The lowest BCUT2D eigenvalue weighted by molar-refractivity contribution is -0.155. The Morgan fingerprint density at radius 1 is 1.14 bits per heavy atom. The van der Waals surface area contributed by atoms with Crippen LogP contribution in [0.1, 0.15) is 51.0 Å². The largest absolute Gasteiger partial charge is 0.480 e. The molecular weight excluding hydrogens is 364 g/mol. The number of carbonyl (C=O) groups is 2. The van der Waals surface area contributed by atoms with E-state index in [0.717, 1.165) is 34.2 Å². The van der Waals surface area contributed by atoms with Crippen LogP contribution in [0.25, 0.3) is 10.9 Å². The van der Waals surface area contributed by atoms with Crippen molar-refractivity contribution in [3.8, 4) is 0 Å². The molecule has 4 bridgehead atoms.